The first-order valence-electron chi connectivity index (χ1n) is 6.76. The van der Waals surface area contributed by atoms with Gasteiger partial charge in [-0.25, -0.2) is 4.39 Å². The minimum Gasteiger partial charge on any atom is -0.371 e. The number of nitrogens with one attached hydrogen (secondary N) is 1. The average molecular weight is 272 g/mol. The fourth-order valence-electron chi connectivity index (χ4n) is 2.79. The molecule has 0 aliphatic carbocycles. The van der Waals surface area contributed by atoms with E-state index in [-0.39, 0.29) is 18.0 Å². The van der Waals surface area contributed by atoms with E-state index >= 15 is 0 Å². The van der Waals surface area contributed by atoms with E-state index in [1.54, 1.807) is 6.20 Å². The quantitative estimate of drug-likeness (QED) is 0.933. The topological polar surface area (TPSA) is 34.2 Å². The van der Waals surface area contributed by atoms with Gasteiger partial charge >= 0.3 is 0 Å². The second-order valence-electron chi connectivity index (χ2n) is 4.94. The summed E-state index contributed by atoms with van der Waals surface area (Å²) in [7, 11) is 1.86. The number of likely N-dealkylation sites (N-methyl/N-ethyl adjacent to an activating group) is 1. The van der Waals surface area contributed by atoms with Crippen molar-refractivity contribution in [1.29, 1.82) is 0 Å². The van der Waals surface area contributed by atoms with Crippen LogP contribution < -0.4 is 5.32 Å². The van der Waals surface area contributed by atoms with E-state index in [0.717, 1.165) is 12.0 Å². The molecule has 0 fully saturated rings. The molecule has 0 saturated carbocycles. The number of nitrogens with zero attached hydrogens (tertiary/aromatic N) is 1. The molecule has 104 valence electrons. The number of benzene rings is 1. The van der Waals surface area contributed by atoms with Crippen LogP contribution in [-0.4, -0.2) is 18.6 Å². The lowest BCUT2D eigenvalue weighted by molar-refractivity contribution is 0.0164. The molecule has 2 atom stereocenters. The Balaban J connectivity index is 1.99. The number of hydrogen-bond donors (Lipinski definition) is 1. The summed E-state index contributed by atoms with van der Waals surface area (Å²) in [5.74, 6) is -0.327. The zero-order chi connectivity index (χ0) is 13.9. The molecule has 2 aromatic rings. The van der Waals surface area contributed by atoms with Gasteiger partial charge in [-0.15, -0.1) is 0 Å². The minimum absolute atomic E-state index is 0.111. The van der Waals surface area contributed by atoms with Gasteiger partial charge in [-0.05, 0) is 36.2 Å². The SMILES string of the molecule is CNC(c1cncc(F)c1)C1OCCc2ccccc21. The fraction of sp³-hybridized carbons (Fsp3) is 0.312. The van der Waals surface area contributed by atoms with E-state index in [1.165, 1.54) is 23.4 Å². The van der Waals surface area contributed by atoms with Crippen molar-refractivity contribution in [1.82, 2.24) is 10.3 Å². The number of aromatic nitrogens is 1. The molecule has 0 radical (unpaired) electrons. The van der Waals surface area contributed by atoms with Gasteiger partial charge in [-0.1, -0.05) is 24.3 Å². The van der Waals surface area contributed by atoms with Crippen LogP contribution in [0.4, 0.5) is 4.39 Å². The van der Waals surface area contributed by atoms with Gasteiger partial charge in [-0.3, -0.25) is 4.98 Å². The van der Waals surface area contributed by atoms with Crippen LogP contribution in [0.1, 0.15) is 28.8 Å². The second-order valence-corrected chi connectivity index (χ2v) is 4.94. The highest BCUT2D eigenvalue weighted by molar-refractivity contribution is 5.34. The number of ether oxygens (including phenoxy) is 1. The molecule has 1 aliphatic heterocycles. The van der Waals surface area contributed by atoms with Gasteiger partial charge in [0.1, 0.15) is 11.9 Å². The van der Waals surface area contributed by atoms with Crippen LogP contribution in [0.3, 0.4) is 0 Å². The lowest BCUT2D eigenvalue weighted by Gasteiger charge is -2.32. The van der Waals surface area contributed by atoms with Crippen molar-refractivity contribution >= 4 is 0 Å². The first kappa shape index (κ1) is 13.2. The highest BCUT2D eigenvalue weighted by atomic mass is 19.1. The van der Waals surface area contributed by atoms with Crippen molar-refractivity contribution in [3.63, 3.8) is 0 Å². The molecular weight excluding hydrogens is 255 g/mol. The van der Waals surface area contributed by atoms with Crippen molar-refractivity contribution in [2.75, 3.05) is 13.7 Å². The molecule has 4 heteroatoms. The number of hydrogen-bond acceptors (Lipinski definition) is 3. The minimum atomic E-state index is -0.327. The van der Waals surface area contributed by atoms with Crippen LogP contribution >= 0.6 is 0 Å². The molecule has 3 nitrogen and oxygen atoms in total. The maximum absolute atomic E-state index is 13.4. The zero-order valence-corrected chi connectivity index (χ0v) is 11.3. The number of rotatable bonds is 3. The molecule has 1 N–H and O–H groups in total. The third-order valence-corrected chi connectivity index (χ3v) is 3.73. The summed E-state index contributed by atoms with van der Waals surface area (Å²) in [5.41, 5.74) is 3.27. The van der Waals surface area contributed by atoms with Gasteiger partial charge in [0.05, 0.1) is 18.8 Å². The van der Waals surface area contributed by atoms with Gasteiger partial charge < -0.3 is 10.1 Å². The van der Waals surface area contributed by atoms with E-state index in [9.17, 15) is 4.39 Å². The first-order valence-corrected chi connectivity index (χ1v) is 6.76. The van der Waals surface area contributed by atoms with Crippen LogP contribution in [0.15, 0.2) is 42.7 Å². The van der Waals surface area contributed by atoms with Gasteiger partial charge in [0.2, 0.25) is 0 Å². The van der Waals surface area contributed by atoms with Crippen LogP contribution in [0, 0.1) is 5.82 Å². The molecule has 1 aliphatic rings. The Labute approximate surface area is 117 Å². The Morgan fingerprint density at radius 2 is 2.20 bits per heavy atom. The van der Waals surface area contributed by atoms with Gasteiger partial charge in [0.15, 0.2) is 0 Å². The van der Waals surface area contributed by atoms with Crippen LogP contribution in [0.2, 0.25) is 0 Å². The summed E-state index contributed by atoms with van der Waals surface area (Å²) in [6.45, 7) is 0.683. The lowest BCUT2D eigenvalue weighted by atomic mass is 9.90. The van der Waals surface area contributed by atoms with Crippen molar-refractivity contribution in [2.24, 2.45) is 0 Å². The number of halogens is 1. The molecule has 3 rings (SSSR count). The molecule has 0 saturated heterocycles. The molecular formula is C16H17FN2O. The lowest BCUT2D eigenvalue weighted by Crippen LogP contribution is -2.29. The Bertz CT molecular complexity index is 603. The summed E-state index contributed by atoms with van der Waals surface area (Å²) >= 11 is 0. The van der Waals surface area contributed by atoms with Crippen molar-refractivity contribution in [3.8, 4) is 0 Å². The Morgan fingerprint density at radius 3 is 3.00 bits per heavy atom. The third-order valence-electron chi connectivity index (χ3n) is 3.73. The summed E-state index contributed by atoms with van der Waals surface area (Å²) < 4.78 is 19.3. The van der Waals surface area contributed by atoms with E-state index in [4.69, 9.17) is 4.74 Å². The summed E-state index contributed by atoms with van der Waals surface area (Å²) in [6.07, 6.45) is 3.70. The molecule has 0 bridgehead atoms. The highest BCUT2D eigenvalue weighted by Crippen LogP contribution is 2.36. The fourth-order valence-corrected chi connectivity index (χ4v) is 2.79. The van der Waals surface area contributed by atoms with Gasteiger partial charge in [0, 0.05) is 6.20 Å². The molecule has 2 heterocycles. The average Bonchev–Trinajstić information content (AvgIpc) is 2.48. The Kier molecular flexibility index (Phi) is 3.76. The third kappa shape index (κ3) is 2.44. The largest absolute Gasteiger partial charge is 0.371 e. The Hall–Kier alpha value is -1.78. The van der Waals surface area contributed by atoms with Gasteiger partial charge in [-0.2, -0.15) is 0 Å². The molecule has 2 unspecified atom stereocenters. The van der Waals surface area contributed by atoms with Crippen molar-refractivity contribution in [2.45, 2.75) is 18.6 Å². The standard InChI is InChI=1S/C16H17FN2O/c1-18-15(12-8-13(17)10-19-9-12)16-14-5-3-2-4-11(14)6-7-20-16/h2-5,8-10,15-16,18H,6-7H2,1H3. The zero-order valence-electron chi connectivity index (χ0n) is 11.3. The molecule has 0 amide bonds. The van der Waals surface area contributed by atoms with E-state index < -0.39 is 0 Å². The predicted molar refractivity (Wildman–Crippen MR) is 74.8 cm³/mol. The second kappa shape index (κ2) is 5.69. The first-order chi connectivity index (χ1) is 9.79. The number of fused-ring (bicyclic) bond motifs is 1. The normalized spacial score (nSPS) is 19.4. The highest BCUT2D eigenvalue weighted by Gasteiger charge is 2.29. The summed E-state index contributed by atoms with van der Waals surface area (Å²) in [5, 5.41) is 3.22. The van der Waals surface area contributed by atoms with Crippen LogP contribution in [0.25, 0.3) is 0 Å². The van der Waals surface area contributed by atoms with E-state index in [0.29, 0.717) is 6.61 Å². The smallest absolute Gasteiger partial charge is 0.141 e. The van der Waals surface area contributed by atoms with Crippen LogP contribution in [0.5, 0.6) is 0 Å². The monoisotopic (exact) mass is 272 g/mol. The van der Waals surface area contributed by atoms with Crippen molar-refractivity contribution in [3.05, 3.63) is 65.2 Å². The maximum atomic E-state index is 13.4. The molecule has 1 aromatic heterocycles. The van der Waals surface area contributed by atoms with E-state index in [1.807, 2.05) is 19.2 Å². The summed E-state index contributed by atoms with van der Waals surface area (Å²) in [4.78, 5) is 3.93. The predicted octanol–water partition coefficient (Wildman–Crippen LogP) is 2.80. The van der Waals surface area contributed by atoms with E-state index in [2.05, 4.69) is 22.4 Å². The molecule has 1 aromatic carbocycles. The van der Waals surface area contributed by atoms with Gasteiger partial charge in [0.25, 0.3) is 0 Å². The number of pyridine rings is 1. The maximum Gasteiger partial charge on any atom is 0.141 e. The van der Waals surface area contributed by atoms with Crippen molar-refractivity contribution < 1.29 is 9.13 Å². The molecule has 20 heavy (non-hydrogen) atoms. The molecule has 0 spiro atoms. The van der Waals surface area contributed by atoms with Crippen LogP contribution in [-0.2, 0) is 11.2 Å². The Morgan fingerprint density at radius 1 is 1.35 bits per heavy atom. The summed E-state index contributed by atoms with van der Waals surface area (Å²) in [6, 6.07) is 9.66.